The smallest absolute Gasteiger partial charge is 0.245 e. The first-order valence-electron chi connectivity index (χ1n) is 6.93. The molecule has 0 aliphatic carbocycles. The number of halogens is 1. The summed E-state index contributed by atoms with van der Waals surface area (Å²) in [6.45, 7) is 0.249. The highest BCUT2D eigenvalue weighted by Crippen LogP contribution is 2.19. The Balaban J connectivity index is 1.96. The first-order chi connectivity index (χ1) is 10.9. The number of hydrogen-bond donors (Lipinski definition) is 0. The second-order valence-electron chi connectivity index (χ2n) is 4.78. The van der Waals surface area contributed by atoms with Gasteiger partial charge in [-0.2, -0.15) is 4.31 Å². The maximum Gasteiger partial charge on any atom is 0.245 e. The van der Waals surface area contributed by atoms with Gasteiger partial charge in [-0.3, -0.25) is 0 Å². The van der Waals surface area contributed by atoms with Gasteiger partial charge in [-0.25, -0.2) is 12.8 Å². The number of likely N-dealkylation sites (N-methyl/N-ethyl adjacent to an activating group) is 1. The fraction of sp³-hybridized carbons (Fsp3) is 0.250. The largest absolute Gasteiger partial charge is 0.497 e. The zero-order valence-corrected chi connectivity index (χ0v) is 13.7. The van der Waals surface area contributed by atoms with E-state index in [4.69, 9.17) is 9.47 Å². The molecule has 5 nitrogen and oxygen atoms in total. The van der Waals surface area contributed by atoms with Crippen LogP contribution >= 0.6 is 0 Å². The molecular weight excluding hydrogens is 321 g/mol. The highest BCUT2D eigenvalue weighted by atomic mass is 32.2. The van der Waals surface area contributed by atoms with E-state index in [0.717, 1.165) is 10.4 Å². The number of nitrogens with zero attached hydrogens (tertiary/aromatic N) is 1. The van der Waals surface area contributed by atoms with Crippen LogP contribution in [0.15, 0.2) is 53.4 Å². The van der Waals surface area contributed by atoms with Gasteiger partial charge in [0.2, 0.25) is 10.0 Å². The van der Waals surface area contributed by atoms with Crippen LogP contribution in [0.4, 0.5) is 4.39 Å². The molecule has 7 heteroatoms. The lowest BCUT2D eigenvalue weighted by atomic mass is 10.3. The van der Waals surface area contributed by atoms with Gasteiger partial charge < -0.3 is 9.47 Å². The van der Waals surface area contributed by atoms with Crippen LogP contribution in [0.2, 0.25) is 0 Å². The van der Waals surface area contributed by atoms with Crippen LogP contribution in [0.3, 0.4) is 0 Å². The summed E-state index contributed by atoms with van der Waals surface area (Å²) < 4.78 is 49.8. The Hall–Kier alpha value is -2.12. The lowest BCUT2D eigenvalue weighted by Gasteiger charge is -2.18. The van der Waals surface area contributed by atoms with E-state index < -0.39 is 15.8 Å². The number of sulfonamides is 1. The van der Waals surface area contributed by atoms with E-state index in [1.807, 2.05) is 0 Å². The van der Waals surface area contributed by atoms with Crippen LogP contribution < -0.4 is 9.47 Å². The number of benzene rings is 2. The molecule has 0 aliphatic rings. The molecule has 0 fully saturated rings. The second kappa shape index (κ2) is 7.43. The molecule has 0 bridgehead atoms. The van der Waals surface area contributed by atoms with Crippen molar-refractivity contribution < 1.29 is 22.3 Å². The summed E-state index contributed by atoms with van der Waals surface area (Å²) in [6, 6.07) is 12.2. The van der Waals surface area contributed by atoms with Crippen molar-refractivity contribution in [3.63, 3.8) is 0 Å². The number of rotatable bonds is 7. The normalized spacial score (nSPS) is 11.5. The quantitative estimate of drug-likeness (QED) is 0.778. The van der Waals surface area contributed by atoms with Gasteiger partial charge in [0.25, 0.3) is 0 Å². The Labute approximate surface area is 135 Å². The van der Waals surface area contributed by atoms with E-state index in [0.29, 0.717) is 11.5 Å². The summed E-state index contributed by atoms with van der Waals surface area (Å²) >= 11 is 0. The summed E-state index contributed by atoms with van der Waals surface area (Å²) in [6.07, 6.45) is 0. The maximum atomic E-state index is 13.7. The summed E-state index contributed by atoms with van der Waals surface area (Å²) in [4.78, 5) is -0.341. The fourth-order valence-corrected chi connectivity index (χ4v) is 3.12. The third-order valence-corrected chi connectivity index (χ3v) is 5.15. The molecule has 0 saturated carbocycles. The number of ether oxygens (including phenoxy) is 2. The molecule has 0 aliphatic heterocycles. The topological polar surface area (TPSA) is 55.8 Å². The highest BCUT2D eigenvalue weighted by Gasteiger charge is 2.23. The summed E-state index contributed by atoms with van der Waals surface area (Å²) in [5, 5.41) is 0. The number of hydrogen-bond acceptors (Lipinski definition) is 4. The van der Waals surface area contributed by atoms with Gasteiger partial charge in [0.15, 0.2) is 0 Å². The molecule has 2 aromatic carbocycles. The van der Waals surface area contributed by atoms with Gasteiger partial charge in [-0.1, -0.05) is 12.1 Å². The Kier molecular flexibility index (Phi) is 5.57. The number of methoxy groups -OCH3 is 1. The first-order valence-corrected chi connectivity index (χ1v) is 8.37. The van der Waals surface area contributed by atoms with Crippen molar-refractivity contribution in [2.75, 3.05) is 27.3 Å². The standard InChI is InChI=1S/C16H18FNO4S/c1-18(23(19,20)16-6-4-3-5-15(16)17)11-12-22-14-9-7-13(21-2)8-10-14/h3-10H,11-12H2,1-2H3. The van der Waals surface area contributed by atoms with Crippen molar-refractivity contribution in [1.82, 2.24) is 4.31 Å². The average molecular weight is 339 g/mol. The molecule has 0 aromatic heterocycles. The Morgan fingerprint density at radius 3 is 2.26 bits per heavy atom. The van der Waals surface area contributed by atoms with Gasteiger partial charge in [0.05, 0.1) is 7.11 Å². The molecule has 0 atom stereocenters. The van der Waals surface area contributed by atoms with Crippen molar-refractivity contribution in [2.24, 2.45) is 0 Å². The lowest BCUT2D eigenvalue weighted by molar-refractivity contribution is 0.286. The van der Waals surface area contributed by atoms with Crippen LogP contribution in [0.5, 0.6) is 11.5 Å². The third-order valence-electron chi connectivity index (χ3n) is 3.26. The summed E-state index contributed by atoms with van der Waals surface area (Å²) in [7, 11) is -0.921. The van der Waals surface area contributed by atoms with Gasteiger partial charge >= 0.3 is 0 Å². The van der Waals surface area contributed by atoms with E-state index in [9.17, 15) is 12.8 Å². The fourth-order valence-electron chi connectivity index (χ4n) is 1.91. The average Bonchev–Trinajstić information content (AvgIpc) is 2.55. The van der Waals surface area contributed by atoms with E-state index in [1.54, 1.807) is 31.4 Å². The molecule has 0 heterocycles. The molecule has 0 N–H and O–H groups in total. The van der Waals surface area contributed by atoms with Crippen LogP contribution in [0.25, 0.3) is 0 Å². The Morgan fingerprint density at radius 1 is 1.04 bits per heavy atom. The minimum absolute atomic E-state index is 0.0999. The van der Waals surface area contributed by atoms with Crippen molar-refractivity contribution in [3.8, 4) is 11.5 Å². The van der Waals surface area contributed by atoms with E-state index >= 15 is 0 Å². The molecule has 23 heavy (non-hydrogen) atoms. The van der Waals surface area contributed by atoms with E-state index in [2.05, 4.69) is 0 Å². The molecule has 0 unspecified atom stereocenters. The van der Waals surface area contributed by atoms with Gasteiger partial charge in [-0.15, -0.1) is 0 Å². The van der Waals surface area contributed by atoms with Crippen LogP contribution in [0, 0.1) is 5.82 Å². The summed E-state index contributed by atoms with van der Waals surface area (Å²) in [5.41, 5.74) is 0. The predicted molar refractivity (Wildman–Crippen MR) is 84.7 cm³/mol. The van der Waals surface area contributed by atoms with Crippen molar-refractivity contribution in [2.45, 2.75) is 4.90 Å². The lowest BCUT2D eigenvalue weighted by Crippen LogP contribution is -2.31. The summed E-state index contributed by atoms with van der Waals surface area (Å²) in [5.74, 6) is 0.537. The van der Waals surface area contributed by atoms with E-state index in [-0.39, 0.29) is 18.0 Å². The van der Waals surface area contributed by atoms with Gasteiger partial charge in [0.1, 0.15) is 28.8 Å². The molecule has 0 spiro atoms. The predicted octanol–water partition coefficient (Wildman–Crippen LogP) is 2.53. The zero-order valence-electron chi connectivity index (χ0n) is 12.9. The van der Waals surface area contributed by atoms with Crippen LogP contribution in [-0.2, 0) is 10.0 Å². The monoisotopic (exact) mass is 339 g/mol. The minimum atomic E-state index is -3.88. The Morgan fingerprint density at radius 2 is 1.65 bits per heavy atom. The molecule has 124 valence electrons. The first kappa shape index (κ1) is 17.2. The van der Waals surface area contributed by atoms with Crippen molar-refractivity contribution >= 4 is 10.0 Å². The minimum Gasteiger partial charge on any atom is -0.497 e. The Bertz CT molecular complexity index is 747. The molecular formula is C16H18FNO4S. The molecule has 2 aromatic rings. The molecule has 0 amide bonds. The van der Waals surface area contributed by atoms with Crippen molar-refractivity contribution in [1.29, 1.82) is 0 Å². The van der Waals surface area contributed by atoms with E-state index in [1.165, 1.54) is 25.2 Å². The van der Waals surface area contributed by atoms with Crippen molar-refractivity contribution in [3.05, 3.63) is 54.3 Å². The highest BCUT2D eigenvalue weighted by molar-refractivity contribution is 7.89. The SMILES string of the molecule is COc1ccc(OCCN(C)S(=O)(=O)c2ccccc2F)cc1. The molecule has 0 radical (unpaired) electrons. The maximum absolute atomic E-state index is 13.7. The molecule has 0 saturated heterocycles. The molecule has 2 rings (SSSR count). The third kappa shape index (κ3) is 4.20. The van der Waals surface area contributed by atoms with Gasteiger partial charge in [-0.05, 0) is 36.4 Å². The second-order valence-corrected chi connectivity index (χ2v) is 6.79. The van der Waals surface area contributed by atoms with Crippen LogP contribution in [-0.4, -0.2) is 40.0 Å². The van der Waals surface area contributed by atoms with Crippen LogP contribution in [0.1, 0.15) is 0 Å². The van der Waals surface area contributed by atoms with Gasteiger partial charge in [0, 0.05) is 13.6 Å². The zero-order chi connectivity index (χ0) is 16.9.